The Kier molecular flexibility index (Phi) is 6.03. The molecule has 1 aromatic carbocycles. The number of urea groups is 1. The van der Waals surface area contributed by atoms with Gasteiger partial charge in [-0.3, -0.25) is 0 Å². The molecular weight excluding hydrogens is 375 g/mol. The average molecular weight is 397 g/mol. The monoisotopic (exact) mass is 398 g/mol. The minimum atomic E-state index is -0.0240. The first kappa shape index (κ1) is 16.9. The van der Waals surface area contributed by atoms with Crippen LogP contribution in [0.5, 0.6) is 0 Å². The number of hydrogen-bond donors (Lipinski definition) is 2. The summed E-state index contributed by atoms with van der Waals surface area (Å²) >= 11 is 2.01. The van der Waals surface area contributed by atoms with E-state index in [4.69, 9.17) is 0 Å². The Morgan fingerprint density at radius 2 is 2.04 bits per heavy atom. The molecule has 1 aromatic rings. The summed E-state index contributed by atoms with van der Waals surface area (Å²) in [7, 11) is 0. The predicted octanol–water partition coefficient (Wildman–Crippen LogP) is 2.14. The number of benzene rings is 1. The standard InChI is InChI=1S/C17H22N2O2SSe/c20-15(23-11-12-6-2-1-3-7-12)9-5-4-8-14-16-13(10-22-14)18-17(21)19-16/h1-3,6-7,13-14,16H,4-5,8-11H2,(H2,18,19,21)/t13-,14-,16-/m0/s1. The van der Waals surface area contributed by atoms with Crippen LogP contribution in [-0.4, -0.2) is 48.8 Å². The number of fused-ring (bicyclic) bond motifs is 1. The van der Waals surface area contributed by atoms with Crippen molar-refractivity contribution < 1.29 is 9.59 Å². The zero-order chi connectivity index (χ0) is 16.1. The summed E-state index contributed by atoms with van der Waals surface area (Å²) in [5.41, 5.74) is 1.26. The van der Waals surface area contributed by atoms with Crippen LogP contribution in [0.2, 0.25) is 0 Å². The van der Waals surface area contributed by atoms with Gasteiger partial charge in [0.2, 0.25) is 0 Å². The second kappa shape index (κ2) is 8.22. The van der Waals surface area contributed by atoms with Crippen molar-refractivity contribution in [3.8, 4) is 0 Å². The number of thioether (sulfide) groups is 1. The van der Waals surface area contributed by atoms with E-state index in [1.165, 1.54) is 5.56 Å². The van der Waals surface area contributed by atoms with Crippen molar-refractivity contribution in [3.63, 3.8) is 0 Å². The Hall–Kier alpha value is -0.971. The van der Waals surface area contributed by atoms with E-state index >= 15 is 0 Å². The Morgan fingerprint density at radius 3 is 2.87 bits per heavy atom. The van der Waals surface area contributed by atoms with Gasteiger partial charge < -0.3 is 0 Å². The van der Waals surface area contributed by atoms with Crippen molar-refractivity contribution in [2.75, 3.05) is 5.75 Å². The Morgan fingerprint density at radius 1 is 1.22 bits per heavy atom. The molecule has 0 unspecified atom stereocenters. The van der Waals surface area contributed by atoms with E-state index in [1.54, 1.807) is 0 Å². The second-order valence-corrected chi connectivity index (χ2v) is 9.45. The summed E-state index contributed by atoms with van der Waals surface area (Å²) < 4.78 is 0.425. The molecule has 2 heterocycles. The number of carbonyl (C=O) groups is 2. The van der Waals surface area contributed by atoms with E-state index in [0.29, 0.717) is 22.4 Å². The molecule has 2 aliphatic rings. The molecule has 0 spiro atoms. The molecule has 0 saturated carbocycles. The maximum absolute atomic E-state index is 12.0. The van der Waals surface area contributed by atoms with E-state index in [9.17, 15) is 9.59 Å². The molecule has 2 saturated heterocycles. The van der Waals surface area contributed by atoms with Crippen LogP contribution in [0, 0.1) is 0 Å². The molecule has 0 bridgehead atoms. The van der Waals surface area contributed by atoms with Crippen LogP contribution in [0.4, 0.5) is 4.79 Å². The molecule has 2 amide bonds. The van der Waals surface area contributed by atoms with E-state index < -0.39 is 0 Å². The van der Waals surface area contributed by atoms with Crippen LogP contribution in [0.25, 0.3) is 0 Å². The van der Waals surface area contributed by atoms with Crippen LogP contribution in [0.3, 0.4) is 0 Å². The van der Waals surface area contributed by atoms with Crippen molar-refractivity contribution in [2.45, 2.75) is 48.3 Å². The van der Waals surface area contributed by atoms with Gasteiger partial charge in [-0.2, -0.15) is 0 Å². The van der Waals surface area contributed by atoms with Gasteiger partial charge in [-0.05, 0) is 0 Å². The zero-order valence-corrected chi connectivity index (χ0v) is 15.5. The number of rotatable bonds is 8. The summed E-state index contributed by atoms with van der Waals surface area (Å²) in [6, 6.07) is 10.8. The van der Waals surface area contributed by atoms with Crippen LogP contribution in [0.15, 0.2) is 30.3 Å². The normalized spacial score (nSPS) is 25.7. The first-order chi connectivity index (χ1) is 11.2. The third kappa shape index (κ3) is 4.75. The van der Waals surface area contributed by atoms with E-state index in [-0.39, 0.29) is 27.0 Å². The molecule has 124 valence electrons. The third-order valence-corrected chi connectivity index (χ3v) is 7.91. The molecule has 2 aliphatic heterocycles. The number of hydrogen-bond acceptors (Lipinski definition) is 3. The molecular formula is C17H22N2O2SSe. The van der Waals surface area contributed by atoms with Crippen LogP contribution in [-0.2, 0) is 10.1 Å². The summed E-state index contributed by atoms with van der Waals surface area (Å²) in [6.07, 6.45) is 3.85. The second-order valence-electron chi connectivity index (χ2n) is 6.01. The first-order valence-electron chi connectivity index (χ1n) is 8.10. The third-order valence-electron chi connectivity index (χ3n) is 4.30. The van der Waals surface area contributed by atoms with Crippen molar-refractivity contribution in [2.24, 2.45) is 0 Å². The van der Waals surface area contributed by atoms with Crippen molar-refractivity contribution in [1.29, 1.82) is 0 Å². The minimum absolute atomic E-state index is 0.0240. The van der Waals surface area contributed by atoms with Crippen molar-refractivity contribution in [3.05, 3.63) is 35.9 Å². The zero-order valence-electron chi connectivity index (χ0n) is 13.0. The van der Waals surface area contributed by atoms with Crippen molar-refractivity contribution in [1.82, 2.24) is 10.6 Å². The van der Waals surface area contributed by atoms with Gasteiger partial charge in [-0.1, -0.05) is 0 Å². The Balaban J connectivity index is 1.29. The molecule has 6 heteroatoms. The Labute approximate surface area is 147 Å². The molecule has 3 rings (SSSR count). The number of amides is 2. The van der Waals surface area contributed by atoms with Gasteiger partial charge in [0, 0.05) is 0 Å². The van der Waals surface area contributed by atoms with E-state index in [0.717, 1.165) is 30.3 Å². The van der Waals surface area contributed by atoms with Gasteiger partial charge in [0.05, 0.1) is 0 Å². The molecule has 2 fully saturated rings. The van der Waals surface area contributed by atoms with Gasteiger partial charge in [0.15, 0.2) is 0 Å². The van der Waals surface area contributed by atoms with Crippen LogP contribution in [0.1, 0.15) is 31.2 Å². The molecule has 0 aliphatic carbocycles. The summed E-state index contributed by atoms with van der Waals surface area (Å²) in [5.74, 6) is 1.01. The fourth-order valence-corrected chi connectivity index (χ4v) is 6.31. The Bertz CT molecular complexity index is 555. The molecule has 0 aromatic heterocycles. The maximum atomic E-state index is 12.0. The average Bonchev–Trinajstić information content (AvgIpc) is 3.10. The van der Waals surface area contributed by atoms with Gasteiger partial charge >= 0.3 is 148 Å². The SMILES string of the molecule is O=C1N[C@H]2[C@H](CS[C@H]2CCCCC(=O)[Se]Cc2ccccc2)N1. The molecule has 4 nitrogen and oxygen atoms in total. The van der Waals surface area contributed by atoms with Gasteiger partial charge in [0.25, 0.3) is 0 Å². The number of nitrogens with one attached hydrogen (secondary N) is 2. The summed E-state index contributed by atoms with van der Waals surface area (Å²) in [4.78, 5) is 23.3. The van der Waals surface area contributed by atoms with Crippen LogP contribution >= 0.6 is 11.8 Å². The molecule has 23 heavy (non-hydrogen) atoms. The summed E-state index contributed by atoms with van der Waals surface area (Å²) in [5, 5.41) is 7.40. The molecule has 3 atom stereocenters. The van der Waals surface area contributed by atoms with E-state index in [1.807, 2.05) is 30.0 Å². The number of unbranched alkanes of at least 4 members (excludes halogenated alkanes) is 1. The first-order valence-corrected chi connectivity index (χ1v) is 11.2. The topological polar surface area (TPSA) is 58.2 Å². The molecule has 2 N–H and O–H groups in total. The van der Waals surface area contributed by atoms with E-state index in [2.05, 4.69) is 22.8 Å². The van der Waals surface area contributed by atoms with Gasteiger partial charge in [-0.15, -0.1) is 0 Å². The predicted molar refractivity (Wildman–Crippen MR) is 94.9 cm³/mol. The molecule has 0 radical (unpaired) electrons. The van der Waals surface area contributed by atoms with Gasteiger partial charge in [0.1, 0.15) is 0 Å². The van der Waals surface area contributed by atoms with Crippen molar-refractivity contribution >= 4 is 37.4 Å². The summed E-state index contributed by atoms with van der Waals surface area (Å²) in [6.45, 7) is 0. The quantitative estimate of drug-likeness (QED) is 0.402. The van der Waals surface area contributed by atoms with Crippen LogP contribution < -0.4 is 10.6 Å². The van der Waals surface area contributed by atoms with Gasteiger partial charge in [-0.25, -0.2) is 0 Å². The fourth-order valence-electron chi connectivity index (χ4n) is 3.07. The number of carbonyl (C=O) groups excluding carboxylic acids is 2. The fraction of sp³-hybridized carbons (Fsp3) is 0.529.